The summed E-state index contributed by atoms with van der Waals surface area (Å²) in [4.78, 5) is 27.4. The van der Waals surface area contributed by atoms with Gasteiger partial charge in [0.15, 0.2) is 5.82 Å². The third-order valence-corrected chi connectivity index (χ3v) is 6.77. The molecule has 0 atom stereocenters. The van der Waals surface area contributed by atoms with Crippen LogP contribution in [0.3, 0.4) is 0 Å². The zero-order valence-corrected chi connectivity index (χ0v) is 18.9. The number of benzene rings is 1. The van der Waals surface area contributed by atoms with E-state index in [1.165, 1.54) is 6.33 Å². The number of aromatic nitrogens is 5. The Bertz CT molecular complexity index is 1470. The molecule has 0 bridgehead atoms. The van der Waals surface area contributed by atoms with Gasteiger partial charge >= 0.3 is 0 Å². The summed E-state index contributed by atoms with van der Waals surface area (Å²) in [5.41, 5.74) is 10.3. The van der Waals surface area contributed by atoms with E-state index < -0.39 is 0 Å². The first-order valence-corrected chi connectivity index (χ1v) is 11.4. The Morgan fingerprint density at radius 3 is 2.88 bits per heavy atom. The van der Waals surface area contributed by atoms with Gasteiger partial charge in [0.25, 0.3) is 0 Å². The first-order chi connectivity index (χ1) is 16.6. The minimum absolute atomic E-state index is 0.135. The Hall–Kier alpha value is -4.14. The molecule has 1 aliphatic carbocycles. The van der Waals surface area contributed by atoms with Crippen molar-refractivity contribution in [2.75, 3.05) is 25.9 Å². The number of imidazole rings is 1. The van der Waals surface area contributed by atoms with E-state index in [0.717, 1.165) is 53.0 Å². The number of nitrogens with one attached hydrogen (secondary N) is 1. The maximum Gasteiger partial charge on any atom is 0.250 e. The summed E-state index contributed by atoms with van der Waals surface area (Å²) < 4.78 is 7.32. The lowest BCUT2D eigenvalue weighted by molar-refractivity contribution is -0.128. The highest BCUT2D eigenvalue weighted by atomic mass is 16.5. The van der Waals surface area contributed by atoms with E-state index in [1.54, 1.807) is 7.11 Å². The van der Waals surface area contributed by atoms with Gasteiger partial charge in [-0.3, -0.25) is 4.79 Å². The van der Waals surface area contributed by atoms with Crippen LogP contribution >= 0.6 is 0 Å². The van der Waals surface area contributed by atoms with Crippen molar-refractivity contribution < 1.29 is 9.53 Å². The molecule has 0 saturated carbocycles. The molecule has 3 aromatic heterocycles. The summed E-state index contributed by atoms with van der Waals surface area (Å²) in [7, 11) is 1.65. The number of nitrogens with two attached hydrogens (primary N) is 1. The van der Waals surface area contributed by atoms with Crippen LogP contribution in [0.4, 0.5) is 5.82 Å². The fourth-order valence-electron chi connectivity index (χ4n) is 5.01. The number of methoxy groups -OCH3 is 1. The SMILES string of the molecule is COc1cccc2cc(-c3nc(C4CCN(C(=O)C5=CC=CC5)CC4)n4ncnc(N)c34)[nH]c12. The van der Waals surface area contributed by atoms with Crippen molar-refractivity contribution in [2.24, 2.45) is 0 Å². The minimum atomic E-state index is 0.135. The average Bonchev–Trinajstić information content (AvgIpc) is 3.62. The maximum absolute atomic E-state index is 12.8. The van der Waals surface area contributed by atoms with E-state index in [0.29, 0.717) is 30.1 Å². The second-order valence-electron chi connectivity index (χ2n) is 8.72. The number of allylic oxidation sites excluding steroid dienone is 3. The van der Waals surface area contributed by atoms with Gasteiger partial charge in [0.05, 0.1) is 18.3 Å². The lowest BCUT2D eigenvalue weighted by atomic mass is 9.95. The van der Waals surface area contributed by atoms with Crippen LogP contribution in [0, 0.1) is 0 Å². The Morgan fingerprint density at radius 1 is 1.26 bits per heavy atom. The smallest absolute Gasteiger partial charge is 0.250 e. The number of amides is 1. The molecule has 3 N–H and O–H groups in total. The number of piperidine rings is 1. The summed E-state index contributed by atoms with van der Waals surface area (Å²) in [5, 5.41) is 5.52. The minimum Gasteiger partial charge on any atom is -0.495 e. The largest absolute Gasteiger partial charge is 0.495 e. The van der Waals surface area contributed by atoms with Crippen molar-refractivity contribution in [3.05, 3.63) is 60.2 Å². The fourth-order valence-corrected chi connectivity index (χ4v) is 5.01. The molecular weight excluding hydrogens is 430 g/mol. The van der Waals surface area contributed by atoms with Crippen LogP contribution in [0.25, 0.3) is 27.8 Å². The van der Waals surface area contributed by atoms with Crippen molar-refractivity contribution in [1.29, 1.82) is 0 Å². The number of hydrogen-bond donors (Lipinski definition) is 2. The van der Waals surface area contributed by atoms with Crippen LogP contribution in [0.1, 0.15) is 31.0 Å². The number of aromatic amines is 1. The molecule has 9 nitrogen and oxygen atoms in total. The number of carbonyl (C=O) groups excluding carboxylic acids is 1. The number of nitrogen functional groups attached to an aromatic ring is 1. The number of hydrogen-bond acceptors (Lipinski definition) is 6. The number of fused-ring (bicyclic) bond motifs is 2. The first-order valence-electron chi connectivity index (χ1n) is 11.4. The van der Waals surface area contributed by atoms with E-state index >= 15 is 0 Å². The molecule has 1 saturated heterocycles. The Morgan fingerprint density at radius 2 is 2.12 bits per heavy atom. The van der Waals surface area contributed by atoms with E-state index in [4.69, 9.17) is 15.5 Å². The number of ether oxygens (including phenoxy) is 1. The van der Waals surface area contributed by atoms with Crippen molar-refractivity contribution in [2.45, 2.75) is 25.2 Å². The number of para-hydroxylation sites is 1. The number of nitrogens with zero attached hydrogens (tertiary/aromatic N) is 5. The number of rotatable bonds is 4. The summed E-state index contributed by atoms with van der Waals surface area (Å²) in [5.74, 6) is 2.28. The number of carbonyl (C=O) groups is 1. The molecule has 0 unspecified atom stereocenters. The maximum atomic E-state index is 12.8. The number of H-pyrrole nitrogens is 1. The Balaban J connectivity index is 1.35. The van der Waals surface area contributed by atoms with Gasteiger partial charge in [-0.2, -0.15) is 5.10 Å². The van der Waals surface area contributed by atoms with Gasteiger partial charge in [-0.05, 0) is 31.4 Å². The molecule has 34 heavy (non-hydrogen) atoms. The third-order valence-electron chi connectivity index (χ3n) is 6.77. The van der Waals surface area contributed by atoms with Crippen LogP contribution in [-0.4, -0.2) is 55.6 Å². The van der Waals surface area contributed by atoms with Crippen LogP contribution in [0.5, 0.6) is 5.75 Å². The van der Waals surface area contributed by atoms with Gasteiger partial charge < -0.3 is 20.4 Å². The van der Waals surface area contributed by atoms with Crippen LogP contribution in [-0.2, 0) is 4.79 Å². The van der Waals surface area contributed by atoms with E-state index in [1.807, 2.05) is 51.9 Å². The first kappa shape index (κ1) is 20.5. The zero-order valence-electron chi connectivity index (χ0n) is 18.9. The van der Waals surface area contributed by atoms with Gasteiger partial charge in [0.2, 0.25) is 5.91 Å². The Labute approximate surface area is 195 Å². The summed E-state index contributed by atoms with van der Waals surface area (Å²) >= 11 is 0. The summed E-state index contributed by atoms with van der Waals surface area (Å²) in [6.45, 7) is 1.38. The predicted octanol–water partition coefficient (Wildman–Crippen LogP) is 3.46. The number of likely N-dealkylation sites (tertiary alicyclic amines) is 1. The molecule has 0 spiro atoms. The van der Waals surface area contributed by atoms with E-state index in [-0.39, 0.29) is 11.8 Å². The molecule has 1 fully saturated rings. The molecule has 0 radical (unpaired) electrons. The van der Waals surface area contributed by atoms with Gasteiger partial charge in [-0.15, -0.1) is 0 Å². The predicted molar refractivity (Wildman–Crippen MR) is 129 cm³/mol. The lowest BCUT2D eigenvalue weighted by Crippen LogP contribution is -2.38. The van der Waals surface area contributed by atoms with Crippen LogP contribution in [0.2, 0.25) is 0 Å². The molecule has 4 aromatic rings. The lowest BCUT2D eigenvalue weighted by Gasteiger charge is -2.31. The second kappa shape index (κ2) is 8.02. The number of anilines is 1. The highest BCUT2D eigenvalue weighted by molar-refractivity contribution is 5.95. The van der Waals surface area contributed by atoms with Crippen molar-refractivity contribution in [3.8, 4) is 17.1 Å². The molecular formula is C25H25N7O2. The monoisotopic (exact) mass is 455 g/mol. The molecule has 9 heteroatoms. The van der Waals surface area contributed by atoms with E-state index in [2.05, 4.69) is 15.1 Å². The van der Waals surface area contributed by atoms with Crippen LogP contribution in [0.15, 0.2) is 54.4 Å². The quantitative estimate of drug-likeness (QED) is 0.487. The molecule has 2 aliphatic rings. The summed E-state index contributed by atoms with van der Waals surface area (Å²) in [6, 6.07) is 7.95. The highest BCUT2D eigenvalue weighted by Gasteiger charge is 2.30. The van der Waals surface area contributed by atoms with Gasteiger partial charge in [-0.25, -0.2) is 14.5 Å². The van der Waals surface area contributed by atoms with Crippen molar-refractivity contribution >= 4 is 28.1 Å². The molecule has 1 aromatic carbocycles. The van der Waals surface area contributed by atoms with Crippen molar-refractivity contribution in [1.82, 2.24) is 29.5 Å². The molecule has 1 amide bonds. The van der Waals surface area contributed by atoms with Gasteiger partial charge in [0, 0.05) is 30.0 Å². The molecule has 1 aliphatic heterocycles. The molecule has 6 rings (SSSR count). The summed E-state index contributed by atoms with van der Waals surface area (Å²) in [6.07, 6.45) is 9.69. The Kier molecular flexibility index (Phi) is 4.83. The standard InChI is InChI=1S/C25H25N7O2/c1-34-19-8-4-7-17-13-18(29-20(17)19)21-22-23(26)27-14-28-32(22)24(30-21)15-9-11-31(12-10-15)25(33)16-5-2-3-6-16/h2-5,7-8,13-15,29H,6,9-12H2,1H3,(H2,26,27,28). The third kappa shape index (κ3) is 3.23. The fraction of sp³-hybridized carbons (Fsp3) is 0.280. The average molecular weight is 456 g/mol. The van der Waals surface area contributed by atoms with Crippen molar-refractivity contribution in [3.63, 3.8) is 0 Å². The van der Waals surface area contributed by atoms with Gasteiger partial charge in [-0.1, -0.05) is 30.4 Å². The second-order valence-corrected chi connectivity index (χ2v) is 8.72. The van der Waals surface area contributed by atoms with E-state index in [9.17, 15) is 4.79 Å². The molecule has 172 valence electrons. The van der Waals surface area contributed by atoms with Crippen LogP contribution < -0.4 is 10.5 Å². The zero-order chi connectivity index (χ0) is 23.2. The molecule has 4 heterocycles. The normalized spacial score (nSPS) is 16.5. The van der Waals surface area contributed by atoms with Gasteiger partial charge in [0.1, 0.15) is 29.1 Å². The topological polar surface area (TPSA) is 114 Å². The highest BCUT2D eigenvalue weighted by Crippen LogP contribution is 2.36.